The van der Waals surface area contributed by atoms with E-state index in [1.807, 2.05) is 36.4 Å². The van der Waals surface area contributed by atoms with Gasteiger partial charge in [0, 0.05) is 17.8 Å². The van der Waals surface area contributed by atoms with Gasteiger partial charge < -0.3 is 9.84 Å². The van der Waals surface area contributed by atoms with Crippen molar-refractivity contribution in [3.63, 3.8) is 0 Å². The predicted octanol–water partition coefficient (Wildman–Crippen LogP) is 3.25. The van der Waals surface area contributed by atoms with Crippen molar-refractivity contribution >= 4 is 12.0 Å². The van der Waals surface area contributed by atoms with Gasteiger partial charge in [0.25, 0.3) is 0 Å². The molecule has 4 heteroatoms. The van der Waals surface area contributed by atoms with Crippen molar-refractivity contribution in [1.29, 1.82) is 0 Å². The lowest BCUT2D eigenvalue weighted by molar-refractivity contribution is -0.135. The average Bonchev–Trinajstić information content (AvgIpc) is 2.48. The summed E-state index contributed by atoms with van der Waals surface area (Å²) < 4.78 is 5.02. The summed E-state index contributed by atoms with van der Waals surface area (Å²) in [6, 6.07) is 11.6. The Balaban J connectivity index is 2.10. The van der Waals surface area contributed by atoms with Crippen LogP contribution in [0.1, 0.15) is 12.0 Å². The molecule has 0 atom stereocenters. The molecule has 1 aromatic carbocycles. The zero-order chi connectivity index (χ0) is 14.4. The molecule has 4 nitrogen and oxygen atoms in total. The van der Waals surface area contributed by atoms with Gasteiger partial charge in [0.05, 0.1) is 13.5 Å². The number of hydrogen-bond donors (Lipinski definition) is 1. The van der Waals surface area contributed by atoms with Gasteiger partial charge in [0.2, 0.25) is 5.88 Å². The first-order valence-electron chi connectivity index (χ1n) is 6.18. The second kappa shape index (κ2) is 6.52. The minimum atomic E-state index is -0.831. The van der Waals surface area contributed by atoms with Gasteiger partial charge >= 0.3 is 5.97 Å². The van der Waals surface area contributed by atoms with Crippen LogP contribution in [-0.4, -0.2) is 23.2 Å². The maximum atomic E-state index is 10.4. The van der Waals surface area contributed by atoms with Crippen LogP contribution >= 0.6 is 0 Å². The van der Waals surface area contributed by atoms with Gasteiger partial charge in [-0.05, 0) is 17.2 Å². The second-order valence-corrected chi connectivity index (χ2v) is 4.21. The smallest absolute Gasteiger partial charge is 0.307 e. The number of benzene rings is 1. The summed E-state index contributed by atoms with van der Waals surface area (Å²) in [6.07, 6.45) is 5.22. The summed E-state index contributed by atoms with van der Waals surface area (Å²) in [5.41, 5.74) is 3.03. The molecular formula is C16H15NO3. The first kappa shape index (κ1) is 13.8. The Morgan fingerprint density at radius 1 is 1.20 bits per heavy atom. The van der Waals surface area contributed by atoms with E-state index in [-0.39, 0.29) is 6.42 Å². The van der Waals surface area contributed by atoms with Crippen LogP contribution < -0.4 is 4.74 Å². The van der Waals surface area contributed by atoms with Crippen LogP contribution in [0.3, 0.4) is 0 Å². The Labute approximate surface area is 117 Å². The molecule has 0 aliphatic heterocycles. The van der Waals surface area contributed by atoms with E-state index in [1.165, 1.54) is 0 Å². The van der Waals surface area contributed by atoms with E-state index in [0.29, 0.717) is 5.88 Å². The molecule has 0 spiro atoms. The van der Waals surface area contributed by atoms with Crippen molar-refractivity contribution in [3.05, 3.63) is 54.2 Å². The number of ether oxygens (including phenoxy) is 1. The number of methoxy groups -OCH3 is 1. The van der Waals surface area contributed by atoms with Gasteiger partial charge in [0.15, 0.2) is 0 Å². The van der Waals surface area contributed by atoms with Crippen LogP contribution in [0.25, 0.3) is 17.2 Å². The highest BCUT2D eigenvalue weighted by molar-refractivity contribution is 5.71. The average molecular weight is 269 g/mol. The summed E-state index contributed by atoms with van der Waals surface area (Å²) in [5.74, 6) is -0.246. The molecule has 0 amide bonds. The van der Waals surface area contributed by atoms with E-state index in [2.05, 4.69) is 4.98 Å². The first-order valence-corrected chi connectivity index (χ1v) is 6.18. The lowest BCUT2D eigenvalue weighted by Gasteiger charge is -2.03. The lowest BCUT2D eigenvalue weighted by Crippen LogP contribution is -1.89. The summed E-state index contributed by atoms with van der Waals surface area (Å²) in [5, 5.41) is 8.56. The van der Waals surface area contributed by atoms with Crippen molar-refractivity contribution in [3.8, 4) is 17.0 Å². The molecule has 0 radical (unpaired) electrons. The number of rotatable bonds is 5. The molecule has 0 bridgehead atoms. The maximum Gasteiger partial charge on any atom is 0.307 e. The third kappa shape index (κ3) is 3.68. The van der Waals surface area contributed by atoms with Gasteiger partial charge in [-0.2, -0.15) is 0 Å². The zero-order valence-corrected chi connectivity index (χ0v) is 11.1. The minimum Gasteiger partial charge on any atom is -0.481 e. The molecule has 1 N–H and O–H groups in total. The van der Waals surface area contributed by atoms with Crippen LogP contribution in [0.2, 0.25) is 0 Å². The second-order valence-electron chi connectivity index (χ2n) is 4.21. The molecule has 1 heterocycles. The van der Waals surface area contributed by atoms with E-state index in [0.717, 1.165) is 16.7 Å². The lowest BCUT2D eigenvalue weighted by atomic mass is 10.1. The molecule has 0 aliphatic carbocycles. The van der Waals surface area contributed by atoms with Crippen molar-refractivity contribution < 1.29 is 14.6 Å². The van der Waals surface area contributed by atoms with Crippen LogP contribution in [0.4, 0.5) is 0 Å². The standard InChI is InChI=1S/C16H15NO3/c1-20-15-10-9-14(11-17-15)13-7-5-12(6-8-13)3-2-4-16(18)19/h2-3,5-11H,4H2,1H3,(H,18,19). The highest BCUT2D eigenvalue weighted by Crippen LogP contribution is 2.21. The van der Waals surface area contributed by atoms with Gasteiger partial charge in [-0.1, -0.05) is 36.4 Å². The molecule has 20 heavy (non-hydrogen) atoms. The Kier molecular flexibility index (Phi) is 4.50. The first-order chi connectivity index (χ1) is 9.69. The topological polar surface area (TPSA) is 59.4 Å². The Hall–Kier alpha value is -2.62. The molecule has 2 aromatic rings. The molecule has 0 saturated heterocycles. The van der Waals surface area contributed by atoms with Crippen molar-refractivity contribution in [1.82, 2.24) is 4.98 Å². The summed E-state index contributed by atoms with van der Waals surface area (Å²) in [4.78, 5) is 14.6. The van der Waals surface area contributed by atoms with Gasteiger partial charge in [-0.15, -0.1) is 0 Å². The Bertz CT molecular complexity index is 601. The van der Waals surface area contributed by atoms with Crippen molar-refractivity contribution in [2.45, 2.75) is 6.42 Å². The SMILES string of the molecule is COc1ccc(-c2ccc(C=CCC(=O)O)cc2)cn1. The number of carboxylic acids is 1. The maximum absolute atomic E-state index is 10.4. The van der Waals surface area contributed by atoms with Crippen molar-refractivity contribution in [2.24, 2.45) is 0 Å². The predicted molar refractivity (Wildman–Crippen MR) is 77.5 cm³/mol. The third-order valence-corrected chi connectivity index (χ3v) is 2.79. The zero-order valence-electron chi connectivity index (χ0n) is 11.1. The molecule has 1 aromatic heterocycles. The number of pyridine rings is 1. The highest BCUT2D eigenvalue weighted by Gasteiger charge is 1.99. The fourth-order valence-electron chi connectivity index (χ4n) is 1.75. The Morgan fingerprint density at radius 3 is 2.45 bits per heavy atom. The molecule has 2 rings (SSSR count). The van der Waals surface area contributed by atoms with Gasteiger partial charge in [-0.25, -0.2) is 4.98 Å². The fourth-order valence-corrected chi connectivity index (χ4v) is 1.75. The number of aromatic nitrogens is 1. The van der Waals surface area contributed by atoms with Crippen LogP contribution in [-0.2, 0) is 4.79 Å². The number of aliphatic carboxylic acids is 1. The summed E-state index contributed by atoms with van der Waals surface area (Å²) in [6.45, 7) is 0. The van der Waals surface area contributed by atoms with Crippen LogP contribution in [0, 0.1) is 0 Å². The fraction of sp³-hybridized carbons (Fsp3) is 0.125. The molecule has 102 valence electrons. The largest absolute Gasteiger partial charge is 0.481 e. The van der Waals surface area contributed by atoms with Crippen LogP contribution in [0.5, 0.6) is 5.88 Å². The number of carboxylic acid groups (broad SMARTS) is 1. The van der Waals surface area contributed by atoms with E-state index >= 15 is 0 Å². The molecule has 0 aliphatic rings. The quantitative estimate of drug-likeness (QED) is 0.905. The van der Waals surface area contributed by atoms with Crippen molar-refractivity contribution in [2.75, 3.05) is 7.11 Å². The highest BCUT2D eigenvalue weighted by atomic mass is 16.5. The van der Waals surface area contributed by atoms with Gasteiger partial charge in [-0.3, -0.25) is 4.79 Å². The van der Waals surface area contributed by atoms with Gasteiger partial charge in [0.1, 0.15) is 0 Å². The number of nitrogens with zero attached hydrogens (tertiary/aromatic N) is 1. The molecule has 0 saturated carbocycles. The number of hydrogen-bond acceptors (Lipinski definition) is 3. The molecule has 0 unspecified atom stereocenters. The minimum absolute atomic E-state index is 0.0319. The van der Waals surface area contributed by atoms with E-state index < -0.39 is 5.97 Å². The third-order valence-electron chi connectivity index (χ3n) is 2.79. The summed E-state index contributed by atoms with van der Waals surface area (Å²) in [7, 11) is 1.58. The molecule has 0 fully saturated rings. The monoisotopic (exact) mass is 269 g/mol. The van der Waals surface area contributed by atoms with Crippen LogP contribution in [0.15, 0.2) is 48.7 Å². The molecular weight excluding hydrogens is 254 g/mol. The van der Waals surface area contributed by atoms with E-state index in [4.69, 9.17) is 9.84 Å². The van der Waals surface area contributed by atoms with E-state index in [1.54, 1.807) is 25.5 Å². The van der Waals surface area contributed by atoms with E-state index in [9.17, 15) is 4.79 Å². The summed E-state index contributed by atoms with van der Waals surface area (Å²) >= 11 is 0. The Morgan fingerprint density at radius 2 is 1.90 bits per heavy atom. The number of carbonyl (C=O) groups is 1. The normalized spacial score (nSPS) is 10.7.